The molecule has 0 saturated carbocycles. The van der Waals surface area contributed by atoms with Crippen LogP contribution in [0.1, 0.15) is 28.0 Å². The molecule has 32 heavy (non-hydrogen) atoms. The van der Waals surface area contributed by atoms with Gasteiger partial charge in [0, 0.05) is 11.4 Å². The molecule has 1 unspecified atom stereocenters. The number of rotatable bonds is 9. The maximum absolute atomic E-state index is 12.5. The Kier molecular flexibility index (Phi) is 7.67. The van der Waals surface area contributed by atoms with E-state index < -0.39 is 18.0 Å². The summed E-state index contributed by atoms with van der Waals surface area (Å²) in [5.41, 5.74) is 1.67. The van der Waals surface area contributed by atoms with Gasteiger partial charge in [-0.15, -0.1) is 11.3 Å². The van der Waals surface area contributed by atoms with Gasteiger partial charge in [-0.25, -0.2) is 9.78 Å². The fraction of sp³-hybridized carbons (Fsp3) is 0.261. The molecule has 1 N–H and O–H groups in total. The number of amides is 1. The van der Waals surface area contributed by atoms with Crippen molar-refractivity contribution in [1.29, 1.82) is 0 Å². The quantitative estimate of drug-likeness (QED) is 0.481. The zero-order valence-corrected chi connectivity index (χ0v) is 19.0. The molecule has 1 heterocycles. The topological polar surface area (TPSA) is 96.0 Å². The highest BCUT2D eigenvalue weighted by Gasteiger charge is 2.22. The number of carbonyl (C=O) groups excluding carboxylic acids is 2. The fourth-order valence-electron chi connectivity index (χ4n) is 2.67. The summed E-state index contributed by atoms with van der Waals surface area (Å²) in [7, 11) is 3.01. The lowest BCUT2D eigenvalue weighted by Crippen LogP contribution is -2.30. The van der Waals surface area contributed by atoms with Crippen LogP contribution in [0.25, 0.3) is 0 Å². The zero-order valence-electron chi connectivity index (χ0n) is 18.2. The van der Waals surface area contributed by atoms with E-state index in [9.17, 15) is 9.59 Å². The zero-order chi connectivity index (χ0) is 23.1. The van der Waals surface area contributed by atoms with Gasteiger partial charge < -0.3 is 24.3 Å². The normalized spacial score (nSPS) is 11.4. The van der Waals surface area contributed by atoms with Gasteiger partial charge in [0.25, 0.3) is 5.91 Å². The minimum atomic E-state index is -1.05. The van der Waals surface area contributed by atoms with Crippen molar-refractivity contribution in [3.63, 3.8) is 0 Å². The lowest BCUT2D eigenvalue weighted by molar-refractivity contribution is -0.123. The fourth-order valence-corrected chi connectivity index (χ4v) is 3.35. The van der Waals surface area contributed by atoms with Crippen LogP contribution in [0.5, 0.6) is 17.2 Å². The Morgan fingerprint density at radius 3 is 2.47 bits per heavy atom. The van der Waals surface area contributed by atoms with Gasteiger partial charge in [-0.2, -0.15) is 0 Å². The predicted octanol–water partition coefficient (Wildman–Crippen LogP) is 4.23. The maximum atomic E-state index is 12.5. The molecule has 168 valence electrons. The molecule has 9 heteroatoms. The third-order valence-electron chi connectivity index (χ3n) is 4.46. The van der Waals surface area contributed by atoms with Crippen molar-refractivity contribution in [2.75, 3.05) is 19.5 Å². The summed E-state index contributed by atoms with van der Waals surface area (Å²) in [5, 5.41) is 4.88. The number of hydrogen-bond acceptors (Lipinski definition) is 8. The summed E-state index contributed by atoms with van der Waals surface area (Å²) < 4.78 is 21.4. The van der Waals surface area contributed by atoms with E-state index >= 15 is 0 Å². The van der Waals surface area contributed by atoms with Gasteiger partial charge in [0.1, 0.15) is 28.9 Å². The lowest BCUT2D eigenvalue weighted by atomic mass is 10.2. The van der Waals surface area contributed by atoms with Gasteiger partial charge in [-0.05, 0) is 38.1 Å². The number of benzene rings is 2. The Bertz CT molecular complexity index is 1080. The minimum absolute atomic E-state index is 0.121. The van der Waals surface area contributed by atoms with Crippen molar-refractivity contribution in [3.05, 3.63) is 64.1 Å². The van der Waals surface area contributed by atoms with E-state index in [4.69, 9.17) is 18.9 Å². The molecule has 0 fully saturated rings. The van der Waals surface area contributed by atoms with Crippen LogP contribution in [-0.4, -0.2) is 37.2 Å². The van der Waals surface area contributed by atoms with Crippen molar-refractivity contribution in [2.24, 2.45) is 0 Å². The summed E-state index contributed by atoms with van der Waals surface area (Å²) in [4.78, 5) is 29.2. The second-order valence-corrected chi connectivity index (χ2v) is 7.77. The number of hydrogen-bond donors (Lipinski definition) is 1. The summed E-state index contributed by atoms with van der Waals surface area (Å²) in [5.74, 6) is 0.517. The van der Waals surface area contributed by atoms with Gasteiger partial charge in [-0.1, -0.05) is 17.7 Å². The molecule has 1 amide bonds. The summed E-state index contributed by atoms with van der Waals surface area (Å²) >= 11 is 1.28. The Morgan fingerprint density at radius 2 is 1.78 bits per heavy atom. The molecule has 0 spiro atoms. The largest absolute Gasteiger partial charge is 0.497 e. The molecule has 2 aromatic carbocycles. The summed E-state index contributed by atoms with van der Waals surface area (Å²) in [6.45, 7) is 3.71. The van der Waals surface area contributed by atoms with Crippen molar-refractivity contribution in [3.8, 4) is 17.2 Å². The van der Waals surface area contributed by atoms with Crippen LogP contribution in [0.3, 0.4) is 0 Å². The SMILES string of the molecule is COc1ccc(OC)c(NC(=O)C(C)OC(=O)c2csc(COc3ccc(C)cc3)n2)c1. The molecular formula is C23H24N2O6S. The van der Waals surface area contributed by atoms with Crippen molar-refractivity contribution >= 4 is 28.9 Å². The molecule has 1 atom stereocenters. The van der Waals surface area contributed by atoms with E-state index in [1.807, 2.05) is 31.2 Å². The lowest BCUT2D eigenvalue weighted by Gasteiger charge is -2.15. The summed E-state index contributed by atoms with van der Waals surface area (Å²) in [6, 6.07) is 12.6. The van der Waals surface area contributed by atoms with E-state index in [2.05, 4.69) is 10.3 Å². The molecule has 3 rings (SSSR count). The number of carbonyl (C=O) groups is 2. The standard InChI is InChI=1S/C23H24N2O6S/c1-14-5-7-16(8-6-14)30-12-21-24-19(13-32-21)23(27)31-15(2)22(26)25-18-11-17(28-3)9-10-20(18)29-4/h5-11,13,15H,12H2,1-4H3,(H,25,26). The Balaban J connectivity index is 1.56. The van der Waals surface area contributed by atoms with Crippen LogP contribution in [0.2, 0.25) is 0 Å². The van der Waals surface area contributed by atoms with Gasteiger partial charge in [0.05, 0.1) is 19.9 Å². The molecule has 1 aromatic heterocycles. The van der Waals surface area contributed by atoms with Crippen molar-refractivity contribution in [1.82, 2.24) is 4.98 Å². The van der Waals surface area contributed by atoms with Crippen LogP contribution in [-0.2, 0) is 16.1 Å². The monoisotopic (exact) mass is 456 g/mol. The molecule has 0 radical (unpaired) electrons. The first-order valence-corrected chi connectivity index (χ1v) is 10.6. The van der Waals surface area contributed by atoms with Gasteiger partial charge in [0.2, 0.25) is 0 Å². The second-order valence-electron chi connectivity index (χ2n) is 6.83. The number of nitrogens with zero attached hydrogens (tertiary/aromatic N) is 1. The number of ether oxygens (including phenoxy) is 4. The number of anilines is 1. The van der Waals surface area contributed by atoms with Gasteiger partial charge in [-0.3, -0.25) is 4.79 Å². The van der Waals surface area contributed by atoms with Crippen molar-refractivity contribution in [2.45, 2.75) is 26.6 Å². The first-order valence-electron chi connectivity index (χ1n) is 9.77. The van der Waals surface area contributed by atoms with Crippen LogP contribution in [0.4, 0.5) is 5.69 Å². The molecule has 0 bridgehead atoms. The van der Waals surface area contributed by atoms with Crippen LogP contribution in [0, 0.1) is 6.92 Å². The van der Waals surface area contributed by atoms with E-state index in [0.29, 0.717) is 27.9 Å². The predicted molar refractivity (Wildman–Crippen MR) is 121 cm³/mol. The van der Waals surface area contributed by atoms with E-state index in [-0.39, 0.29) is 12.3 Å². The number of aromatic nitrogens is 1. The Labute approximate surface area is 190 Å². The maximum Gasteiger partial charge on any atom is 0.358 e. The van der Waals surface area contributed by atoms with Crippen molar-refractivity contribution < 1.29 is 28.5 Å². The highest BCUT2D eigenvalue weighted by atomic mass is 32.1. The first-order chi connectivity index (χ1) is 15.4. The van der Waals surface area contributed by atoms with E-state index in [1.165, 1.54) is 32.5 Å². The molecule has 0 aliphatic rings. The number of methoxy groups -OCH3 is 2. The molecule has 8 nitrogen and oxygen atoms in total. The molecule has 0 aliphatic carbocycles. The number of nitrogens with one attached hydrogen (secondary N) is 1. The average molecular weight is 457 g/mol. The molecular weight excluding hydrogens is 432 g/mol. The van der Waals surface area contributed by atoms with Crippen LogP contribution in [0.15, 0.2) is 47.8 Å². The second kappa shape index (κ2) is 10.6. The van der Waals surface area contributed by atoms with E-state index in [0.717, 1.165) is 5.56 Å². The molecule has 0 saturated heterocycles. The molecule has 0 aliphatic heterocycles. The highest BCUT2D eigenvalue weighted by Crippen LogP contribution is 2.29. The third-order valence-corrected chi connectivity index (χ3v) is 5.28. The molecule has 3 aromatic rings. The van der Waals surface area contributed by atoms with Gasteiger partial charge in [0.15, 0.2) is 11.8 Å². The minimum Gasteiger partial charge on any atom is -0.497 e. The van der Waals surface area contributed by atoms with Crippen LogP contribution >= 0.6 is 11.3 Å². The number of esters is 1. The smallest absolute Gasteiger partial charge is 0.358 e. The number of thiazole rings is 1. The summed E-state index contributed by atoms with van der Waals surface area (Å²) in [6.07, 6.45) is -1.05. The first kappa shape index (κ1) is 23.1. The number of aryl methyl sites for hydroxylation is 1. The average Bonchev–Trinajstić information content (AvgIpc) is 3.28. The highest BCUT2D eigenvalue weighted by molar-refractivity contribution is 7.09. The Hall–Kier alpha value is -3.59. The van der Waals surface area contributed by atoms with Gasteiger partial charge >= 0.3 is 5.97 Å². The Morgan fingerprint density at radius 1 is 1.06 bits per heavy atom. The van der Waals surface area contributed by atoms with E-state index in [1.54, 1.807) is 23.6 Å². The third kappa shape index (κ3) is 5.98. The van der Waals surface area contributed by atoms with Crippen LogP contribution < -0.4 is 19.5 Å².